The molecule has 0 heterocycles. The van der Waals surface area contributed by atoms with Crippen LogP contribution in [0, 0.1) is 0 Å². The van der Waals surface area contributed by atoms with Crippen molar-refractivity contribution in [3.05, 3.63) is 29.8 Å². The van der Waals surface area contributed by atoms with Gasteiger partial charge in [-0.25, -0.2) is 4.99 Å². The molecule has 1 aromatic rings. The molecule has 0 fully saturated rings. The average Bonchev–Trinajstić information content (AvgIpc) is 2.71. The lowest BCUT2D eigenvalue weighted by molar-refractivity contribution is -0.127. The van der Waals surface area contributed by atoms with E-state index < -0.39 is 0 Å². The lowest BCUT2D eigenvalue weighted by Gasteiger charge is -2.14. The summed E-state index contributed by atoms with van der Waals surface area (Å²) < 4.78 is 16.2. The Balaban J connectivity index is 2.35. The van der Waals surface area contributed by atoms with Crippen LogP contribution in [0.15, 0.2) is 29.3 Å². The number of likely N-dealkylation sites (N-methyl/N-ethyl adjacent to an activating group) is 1. The molecule has 0 atom stereocenters. The molecule has 0 aliphatic carbocycles. The van der Waals surface area contributed by atoms with Crippen LogP contribution in [-0.4, -0.2) is 77.4 Å². The van der Waals surface area contributed by atoms with E-state index in [-0.39, 0.29) is 12.5 Å². The maximum absolute atomic E-state index is 11.8. The number of guanidine groups is 1. The van der Waals surface area contributed by atoms with Gasteiger partial charge >= 0.3 is 0 Å². The first-order chi connectivity index (χ1) is 13.6. The Hall–Kier alpha value is -2.32. The van der Waals surface area contributed by atoms with E-state index in [0.29, 0.717) is 45.5 Å². The van der Waals surface area contributed by atoms with Gasteiger partial charge in [-0.2, -0.15) is 0 Å². The largest absolute Gasteiger partial charge is 0.497 e. The molecule has 1 amide bonds. The number of carbonyl (C=O) groups excluding carboxylic acids is 1. The van der Waals surface area contributed by atoms with Gasteiger partial charge in [-0.1, -0.05) is 12.1 Å². The Labute approximate surface area is 168 Å². The average molecular weight is 395 g/mol. The fraction of sp³-hybridized carbons (Fsp3) is 0.600. The second-order valence-corrected chi connectivity index (χ2v) is 6.26. The van der Waals surface area contributed by atoms with Gasteiger partial charge in [0.1, 0.15) is 12.3 Å². The van der Waals surface area contributed by atoms with Crippen LogP contribution in [0.4, 0.5) is 0 Å². The van der Waals surface area contributed by atoms with Crippen molar-refractivity contribution in [2.45, 2.75) is 20.0 Å². The Morgan fingerprint density at radius 3 is 2.43 bits per heavy atom. The number of ether oxygens (including phenoxy) is 3. The van der Waals surface area contributed by atoms with Crippen molar-refractivity contribution in [2.24, 2.45) is 4.99 Å². The van der Waals surface area contributed by atoms with Crippen molar-refractivity contribution in [1.82, 2.24) is 15.5 Å². The molecule has 1 aromatic carbocycles. The zero-order valence-corrected chi connectivity index (χ0v) is 17.5. The summed E-state index contributed by atoms with van der Waals surface area (Å²) in [6, 6.07) is 7.78. The second kappa shape index (κ2) is 14.7. The molecule has 0 saturated heterocycles. The number of amides is 1. The number of rotatable bonds is 13. The Bertz CT molecular complexity index is 576. The monoisotopic (exact) mass is 394 g/mol. The maximum atomic E-state index is 11.8. The Kier molecular flexibility index (Phi) is 12.5. The first-order valence-corrected chi connectivity index (χ1v) is 9.57. The van der Waals surface area contributed by atoms with E-state index in [9.17, 15) is 4.79 Å². The van der Waals surface area contributed by atoms with Gasteiger partial charge in [-0.05, 0) is 31.0 Å². The summed E-state index contributed by atoms with van der Waals surface area (Å²) >= 11 is 0. The summed E-state index contributed by atoms with van der Waals surface area (Å²) in [5.74, 6) is 1.37. The molecule has 8 heteroatoms. The molecule has 0 saturated carbocycles. The predicted molar refractivity (Wildman–Crippen MR) is 111 cm³/mol. The Morgan fingerprint density at radius 1 is 1.07 bits per heavy atom. The van der Waals surface area contributed by atoms with Gasteiger partial charge in [0.05, 0.1) is 20.3 Å². The summed E-state index contributed by atoms with van der Waals surface area (Å²) in [7, 11) is 5.08. The fourth-order valence-corrected chi connectivity index (χ4v) is 2.14. The highest BCUT2D eigenvalue weighted by molar-refractivity contribution is 5.84. The summed E-state index contributed by atoms with van der Waals surface area (Å²) in [5, 5.41) is 6.40. The fourth-order valence-electron chi connectivity index (χ4n) is 2.14. The van der Waals surface area contributed by atoms with Crippen LogP contribution in [0.25, 0.3) is 0 Å². The molecule has 0 aromatic heterocycles. The molecule has 158 valence electrons. The normalized spacial score (nSPS) is 11.2. The molecular weight excluding hydrogens is 360 g/mol. The summed E-state index contributed by atoms with van der Waals surface area (Å²) in [4.78, 5) is 17.6. The number of nitrogens with zero attached hydrogens (tertiary/aromatic N) is 2. The van der Waals surface area contributed by atoms with E-state index in [4.69, 9.17) is 14.2 Å². The highest BCUT2D eigenvalue weighted by Gasteiger charge is 2.04. The summed E-state index contributed by atoms with van der Waals surface area (Å²) in [6.45, 7) is 5.83. The SMILES string of the molecule is CCOCCCNC(=NCC(=O)N(C)C)NCCOCc1ccc(OC)cc1. The number of benzene rings is 1. The van der Waals surface area contributed by atoms with Gasteiger partial charge in [0.2, 0.25) is 5.91 Å². The van der Waals surface area contributed by atoms with Crippen LogP contribution in [0.5, 0.6) is 5.75 Å². The van der Waals surface area contributed by atoms with Crippen molar-refractivity contribution in [1.29, 1.82) is 0 Å². The molecule has 0 bridgehead atoms. The van der Waals surface area contributed by atoms with Crippen LogP contribution in [0.3, 0.4) is 0 Å². The van der Waals surface area contributed by atoms with Gasteiger partial charge < -0.3 is 29.7 Å². The van der Waals surface area contributed by atoms with Gasteiger partial charge in [0.15, 0.2) is 5.96 Å². The van der Waals surface area contributed by atoms with E-state index in [0.717, 1.165) is 17.7 Å². The molecule has 0 radical (unpaired) electrons. The molecular formula is C20H34N4O4. The first-order valence-electron chi connectivity index (χ1n) is 9.57. The number of hydrogen-bond donors (Lipinski definition) is 2. The van der Waals surface area contributed by atoms with Gasteiger partial charge in [0, 0.05) is 40.4 Å². The van der Waals surface area contributed by atoms with Crippen LogP contribution in [0.2, 0.25) is 0 Å². The molecule has 2 N–H and O–H groups in total. The minimum atomic E-state index is -0.0498. The summed E-state index contributed by atoms with van der Waals surface area (Å²) in [5.41, 5.74) is 1.08. The standard InChI is InChI=1S/C20H34N4O4/c1-5-27-13-6-11-21-20(23-15-19(25)24(2)3)22-12-14-28-16-17-7-9-18(26-4)10-8-17/h7-10H,5-6,11-16H2,1-4H3,(H2,21,22,23). The second-order valence-electron chi connectivity index (χ2n) is 6.26. The predicted octanol–water partition coefficient (Wildman–Crippen LogP) is 1.26. The van der Waals surface area contributed by atoms with Crippen molar-refractivity contribution >= 4 is 11.9 Å². The van der Waals surface area contributed by atoms with E-state index >= 15 is 0 Å². The molecule has 0 spiro atoms. The van der Waals surface area contributed by atoms with Gasteiger partial charge in [0.25, 0.3) is 0 Å². The molecule has 8 nitrogen and oxygen atoms in total. The maximum Gasteiger partial charge on any atom is 0.243 e. The lowest BCUT2D eigenvalue weighted by Crippen LogP contribution is -2.40. The van der Waals surface area contributed by atoms with Crippen molar-refractivity contribution in [3.8, 4) is 5.75 Å². The zero-order valence-electron chi connectivity index (χ0n) is 17.5. The third kappa shape index (κ3) is 10.7. The quantitative estimate of drug-likeness (QED) is 0.298. The molecule has 0 aliphatic heterocycles. The topological polar surface area (TPSA) is 84.4 Å². The zero-order chi connectivity index (χ0) is 20.6. The minimum absolute atomic E-state index is 0.0498. The van der Waals surface area contributed by atoms with E-state index in [1.165, 1.54) is 4.90 Å². The van der Waals surface area contributed by atoms with E-state index in [1.807, 2.05) is 31.2 Å². The van der Waals surface area contributed by atoms with E-state index in [2.05, 4.69) is 15.6 Å². The van der Waals surface area contributed by atoms with Crippen LogP contribution >= 0.6 is 0 Å². The highest BCUT2D eigenvalue weighted by Crippen LogP contribution is 2.11. The van der Waals surface area contributed by atoms with Crippen LogP contribution < -0.4 is 15.4 Å². The van der Waals surface area contributed by atoms with Crippen molar-refractivity contribution in [3.63, 3.8) is 0 Å². The molecule has 0 aliphatic rings. The van der Waals surface area contributed by atoms with Crippen molar-refractivity contribution in [2.75, 3.05) is 60.7 Å². The molecule has 1 rings (SSSR count). The third-order valence-corrected chi connectivity index (χ3v) is 3.80. The first kappa shape index (κ1) is 23.7. The lowest BCUT2D eigenvalue weighted by atomic mass is 10.2. The Morgan fingerprint density at radius 2 is 1.79 bits per heavy atom. The van der Waals surface area contributed by atoms with Crippen LogP contribution in [-0.2, 0) is 20.9 Å². The highest BCUT2D eigenvalue weighted by atomic mass is 16.5. The van der Waals surface area contributed by atoms with Gasteiger partial charge in [-0.15, -0.1) is 0 Å². The third-order valence-electron chi connectivity index (χ3n) is 3.80. The molecule has 0 unspecified atom stereocenters. The van der Waals surface area contributed by atoms with Crippen molar-refractivity contribution < 1.29 is 19.0 Å². The van der Waals surface area contributed by atoms with Crippen LogP contribution in [0.1, 0.15) is 18.9 Å². The van der Waals surface area contributed by atoms with E-state index in [1.54, 1.807) is 21.2 Å². The number of aliphatic imine (C=N–C) groups is 1. The number of carbonyl (C=O) groups is 1. The summed E-state index contributed by atoms with van der Waals surface area (Å²) in [6.07, 6.45) is 0.865. The number of nitrogens with one attached hydrogen (secondary N) is 2. The number of methoxy groups -OCH3 is 1. The van der Waals surface area contributed by atoms with Gasteiger partial charge in [-0.3, -0.25) is 4.79 Å². The smallest absolute Gasteiger partial charge is 0.243 e. The minimum Gasteiger partial charge on any atom is -0.497 e. The number of hydrogen-bond acceptors (Lipinski definition) is 5. The molecule has 28 heavy (non-hydrogen) atoms.